The maximum atomic E-state index is 10.2. The summed E-state index contributed by atoms with van der Waals surface area (Å²) in [7, 11) is 0. The van der Waals surface area contributed by atoms with Gasteiger partial charge in [0, 0.05) is 24.2 Å². The molecule has 0 amide bonds. The van der Waals surface area contributed by atoms with Gasteiger partial charge < -0.3 is 15.1 Å². The first-order chi connectivity index (χ1) is 9.70. The molecule has 1 aromatic carbocycles. The number of aliphatic hydroxyl groups is 2. The Morgan fingerprint density at radius 1 is 1.40 bits per heavy atom. The van der Waals surface area contributed by atoms with E-state index >= 15 is 0 Å². The highest BCUT2D eigenvalue weighted by molar-refractivity contribution is 6.30. The van der Waals surface area contributed by atoms with Crippen LogP contribution < -0.4 is 0 Å². The Kier molecular flexibility index (Phi) is 6.30. The Morgan fingerprint density at radius 3 is 3.00 bits per heavy atom. The van der Waals surface area contributed by atoms with Crippen LogP contribution in [0.25, 0.3) is 0 Å². The molecular weight excluding hydrogens is 274 g/mol. The van der Waals surface area contributed by atoms with Crippen LogP contribution in [0.1, 0.15) is 43.8 Å². The summed E-state index contributed by atoms with van der Waals surface area (Å²) in [5.41, 5.74) is 0.892. The molecule has 1 fully saturated rings. The first-order valence-electron chi connectivity index (χ1n) is 7.49. The number of aliphatic hydroxyl groups excluding tert-OH is 2. The SMILES string of the molecule is OCCCC1CCCN1CCC(O)c1cccc(Cl)c1. The maximum Gasteiger partial charge on any atom is 0.0802 e. The number of hydrogen-bond donors (Lipinski definition) is 2. The van der Waals surface area contributed by atoms with E-state index in [4.69, 9.17) is 16.7 Å². The second-order valence-electron chi connectivity index (χ2n) is 5.56. The molecule has 2 unspecified atom stereocenters. The zero-order chi connectivity index (χ0) is 14.4. The van der Waals surface area contributed by atoms with E-state index in [1.165, 1.54) is 12.8 Å². The normalized spacial score (nSPS) is 21.2. The second-order valence-corrected chi connectivity index (χ2v) is 5.99. The highest BCUT2D eigenvalue weighted by atomic mass is 35.5. The topological polar surface area (TPSA) is 43.7 Å². The van der Waals surface area contributed by atoms with Gasteiger partial charge in [-0.05, 0) is 56.3 Å². The van der Waals surface area contributed by atoms with Crippen LogP contribution >= 0.6 is 11.6 Å². The van der Waals surface area contributed by atoms with E-state index in [0.717, 1.165) is 37.9 Å². The summed E-state index contributed by atoms with van der Waals surface area (Å²) in [4.78, 5) is 2.45. The average molecular weight is 298 g/mol. The van der Waals surface area contributed by atoms with E-state index in [2.05, 4.69) is 4.90 Å². The second kappa shape index (κ2) is 7.99. The molecule has 0 spiro atoms. The van der Waals surface area contributed by atoms with Gasteiger partial charge in [-0.15, -0.1) is 0 Å². The van der Waals surface area contributed by atoms with E-state index in [9.17, 15) is 5.11 Å². The number of benzene rings is 1. The molecule has 1 saturated heterocycles. The zero-order valence-corrected chi connectivity index (χ0v) is 12.6. The molecule has 2 atom stereocenters. The third-order valence-corrected chi connectivity index (χ3v) is 4.35. The van der Waals surface area contributed by atoms with Crippen molar-refractivity contribution in [3.63, 3.8) is 0 Å². The Morgan fingerprint density at radius 2 is 2.25 bits per heavy atom. The molecule has 2 N–H and O–H groups in total. The molecule has 0 saturated carbocycles. The number of halogens is 1. The summed E-state index contributed by atoms with van der Waals surface area (Å²) < 4.78 is 0. The smallest absolute Gasteiger partial charge is 0.0802 e. The molecule has 0 aliphatic carbocycles. The Hall–Kier alpha value is -0.610. The highest BCUT2D eigenvalue weighted by Gasteiger charge is 2.24. The molecule has 1 aromatic rings. The molecule has 3 nitrogen and oxygen atoms in total. The lowest BCUT2D eigenvalue weighted by molar-refractivity contribution is 0.133. The molecular formula is C16H24ClNO2. The van der Waals surface area contributed by atoms with Crippen molar-refractivity contribution in [1.82, 2.24) is 4.90 Å². The molecule has 0 bridgehead atoms. The van der Waals surface area contributed by atoms with E-state index < -0.39 is 6.10 Å². The molecule has 0 radical (unpaired) electrons. The van der Waals surface area contributed by atoms with E-state index in [-0.39, 0.29) is 6.61 Å². The maximum absolute atomic E-state index is 10.2. The molecule has 0 aromatic heterocycles. The summed E-state index contributed by atoms with van der Waals surface area (Å²) >= 11 is 5.95. The third kappa shape index (κ3) is 4.45. The minimum Gasteiger partial charge on any atom is -0.396 e. The largest absolute Gasteiger partial charge is 0.396 e. The van der Waals surface area contributed by atoms with Gasteiger partial charge in [-0.25, -0.2) is 0 Å². The van der Waals surface area contributed by atoms with Crippen molar-refractivity contribution in [3.8, 4) is 0 Å². The standard InChI is InChI=1S/C16H24ClNO2/c17-14-5-1-4-13(12-14)16(20)8-10-18-9-2-6-15(18)7-3-11-19/h1,4-5,12,15-16,19-20H,2-3,6-11H2. The monoisotopic (exact) mass is 297 g/mol. The van der Waals surface area contributed by atoms with Crippen LogP contribution in [0.15, 0.2) is 24.3 Å². The molecule has 4 heteroatoms. The van der Waals surface area contributed by atoms with Crippen LogP contribution in [-0.4, -0.2) is 40.9 Å². The number of nitrogens with zero attached hydrogens (tertiary/aromatic N) is 1. The van der Waals surface area contributed by atoms with Gasteiger partial charge in [0.2, 0.25) is 0 Å². The van der Waals surface area contributed by atoms with Gasteiger partial charge in [0.05, 0.1) is 6.10 Å². The number of rotatable bonds is 7. The van der Waals surface area contributed by atoms with Gasteiger partial charge in [-0.1, -0.05) is 23.7 Å². The average Bonchev–Trinajstić information content (AvgIpc) is 2.90. The van der Waals surface area contributed by atoms with Crippen LogP contribution in [-0.2, 0) is 0 Å². The molecule has 20 heavy (non-hydrogen) atoms. The van der Waals surface area contributed by atoms with Crippen LogP contribution in [0.2, 0.25) is 5.02 Å². The summed E-state index contributed by atoms with van der Waals surface area (Å²) in [5, 5.41) is 19.8. The van der Waals surface area contributed by atoms with Crippen LogP contribution in [0.3, 0.4) is 0 Å². The van der Waals surface area contributed by atoms with Crippen molar-refractivity contribution >= 4 is 11.6 Å². The number of likely N-dealkylation sites (tertiary alicyclic amines) is 1. The number of hydrogen-bond acceptors (Lipinski definition) is 3. The molecule has 112 valence electrons. The van der Waals surface area contributed by atoms with Crippen LogP contribution in [0.5, 0.6) is 0 Å². The predicted molar refractivity (Wildman–Crippen MR) is 81.9 cm³/mol. The Bertz CT molecular complexity index is 413. The Balaban J connectivity index is 1.82. The van der Waals surface area contributed by atoms with Crippen LogP contribution in [0.4, 0.5) is 0 Å². The van der Waals surface area contributed by atoms with Gasteiger partial charge >= 0.3 is 0 Å². The Labute approximate surface area is 126 Å². The van der Waals surface area contributed by atoms with Gasteiger partial charge in [0.1, 0.15) is 0 Å². The third-order valence-electron chi connectivity index (χ3n) is 4.12. The van der Waals surface area contributed by atoms with Crippen molar-refractivity contribution in [2.24, 2.45) is 0 Å². The van der Waals surface area contributed by atoms with E-state index in [0.29, 0.717) is 11.1 Å². The highest BCUT2D eigenvalue weighted by Crippen LogP contribution is 2.25. The van der Waals surface area contributed by atoms with Gasteiger partial charge in [0.25, 0.3) is 0 Å². The fourth-order valence-corrected chi connectivity index (χ4v) is 3.21. The predicted octanol–water partition coefficient (Wildman–Crippen LogP) is 3.00. The van der Waals surface area contributed by atoms with Crippen LogP contribution in [0, 0.1) is 0 Å². The van der Waals surface area contributed by atoms with Gasteiger partial charge in [-0.3, -0.25) is 0 Å². The van der Waals surface area contributed by atoms with Crippen molar-refractivity contribution in [1.29, 1.82) is 0 Å². The summed E-state index contributed by atoms with van der Waals surface area (Å²) in [5.74, 6) is 0. The summed E-state index contributed by atoms with van der Waals surface area (Å²) in [6, 6.07) is 8.03. The van der Waals surface area contributed by atoms with Crippen molar-refractivity contribution in [2.75, 3.05) is 19.7 Å². The fourth-order valence-electron chi connectivity index (χ4n) is 3.01. The molecule has 1 aliphatic rings. The lowest BCUT2D eigenvalue weighted by Crippen LogP contribution is -2.31. The lowest BCUT2D eigenvalue weighted by atomic mass is 10.1. The first-order valence-corrected chi connectivity index (χ1v) is 7.87. The van der Waals surface area contributed by atoms with E-state index in [1.807, 2.05) is 24.3 Å². The molecule has 1 aliphatic heterocycles. The van der Waals surface area contributed by atoms with Crippen molar-refractivity contribution in [3.05, 3.63) is 34.9 Å². The van der Waals surface area contributed by atoms with Gasteiger partial charge in [-0.2, -0.15) is 0 Å². The summed E-state index contributed by atoms with van der Waals surface area (Å²) in [6.45, 7) is 2.29. The zero-order valence-electron chi connectivity index (χ0n) is 11.8. The minimum atomic E-state index is -0.451. The first kappa shape index (κ1) is 15.8. The lowest BCUT2D eigenvalue weighted by Gasteiger charge is -2.25. The molecule has 2 rings (SSSR count). The molecule has 1 heterocycles. The van der Waals surface area contributed by atoms with E-state index in [1.54, 1.807) is 0 Å². The van der Waals surface area contributed by atoms with Gasteiger partial charge in [0.15, 0.2) is 0 Å². The summed E-state index contributed by atoms with van der Waals surface area (Å²) in [6.07, 6.45) is 4.65. The quantitative estimate of drug-likeness (QED) is 0.813. The minimum absolute atomic E-state index is 0.273. The van der Waals surface area contributed by atoms with Crippen molar-refractivity contribution in [2.45, 2.75) is 44.2 Å². The fraction of sp³-hybridized carbons (Fsp3) is 0.625. The van der Waals surface area contributed by atoms with Crippen molar-refractivity contribution < 1.29 is 10.2 Å².